The summed E-state index contributed by atoms with van der Waals surface area (Å²) >= 11 is 3.88. The first-order valence-corrected chi connectivity index (χ1v) is 9.07. The van der Waals surface area contributed by atoms with Crippen LogP contribution in [-0.2, 0) is 14.8 Å². The Kier molecular flexibility index (Phi) is 6.70. The van der Waals surface area contributed by atoms with Crippen LogP contribution in [0.5, 0.6) is 0 Å². The number of nitrogens with two attached hydrogens (primary N) is 1. The zero-order valence-corrected chi connectivity index (χ0v) is 15.7. The van der Waals surface area contributed by atoms with Crippen molar-refractivity contribution in [3.05, 3.63) is 24.8 Å². The first-order valence-electron chi connectivity index (χ1n) is 5.43. The van der Waals surface area contributed by atoms with Crippen LogP contribution in [0.2, 0.25) is 0 Å². The molecule has 124 valence electrons. The predicted molar refractivity (Wildman–Crippen MR) is 89.5 cm³/mol. The number of halogens is 5. The maximum atomic E-state index is 12.0. The van der Waals surface area contributed by atoms with E-state index < -0.39 is 34.7 Å². The van der Waals surface area contributed by atoms with E-state index in [1.165, 1.54) is 10.8 Å². The maximum absolute atomic E-state index is 12.0. The Bertz CT molecular complexity index is 679. The van der Waals surface area contributed by atoms with Crippen molar-refractivity contribution in [3.63, 3.8) is 0 Å². The number of nitrogen functional groups attached to an aromatic ring is 1. The van der Waals surface area contributed by atoms with Crippen LogP contribution < -0.4 is 10.5 Å². The van der Waals surface area contributed by atoms with Crippen molar-refractivity contribution >= 4 is 66.9 Å². The van der Waals surface area contributed by atoms with Crippen molar-refractivity contribution < 1.29 is 31.1 Å². The maximum Gasteiger partial charge on any atom is 0.511 e. The van der Waals surface area contributed by atoms with Crippen LogP contribution in [-0.4, -0.2) is 33.0 Å². The van der Waals surface area contributed by atoms with Crippen molar-refractivity contribution in [1.29, 1.82) is 0 Å². The molecule has 0 aliphatic heterocycles. The largest absolute Gasteiger partial charge is 0.511 e. The number of nitrogens with one attached hydrogen (secondary N) is 1. The first-order chi connectivity index (χ1) is 9.95. The highest BCUT2D eigenvalue weighted by Crippen LogP contribution is 2.24. The minimum absolute atomic E-state index is 0.0648. The van der Waals surface area contributed by atoms with Crippen LogP contribution in [0.4, 0.5) is 18.9 Å². The van der Waals surface area contributed by atoms with E-state index in [-0.39, 0.29) is 11.3 Å². The number of rotatable bonds is 5. The molecule has 0 saturated heterocycles. The van der Waals surface area contributed by atoms with Gasteiger partial charge >= 0.3 is 21.5 Å². The lowest BCUT2D eigenvalue weighted by atomic mass is 10.2. The van der Waals surface area contributed by atoms with Crippen LogP contribution in [0, 0.1) is 7.14 Å². The summed E-state index contributed by atoms with van der Waals surface area (Å²) in [6, 6.07) is 3.19. The highest BCUT2D eigenvalue weighted by molar-refractivity contribution is 14.1. The Balaban J connectivity index is 2.62. The van der Waals surface area contributed by atoms with Gasteiger partial charge in [-0.3, -0.25) is 0 Å². The topological polar surface area (TPSA) is 98.5 Å². The van der Waals surface area contributed by atoms with Gasteiger partial charge in [-0.25, -0.2) is 17.9 Å². The van der Waals surface area contributed by atoms with E-state index in [9.17, 15) is 26.4 Å². The van der Waals surface area contributed by atoms with Gasteiger partial charge in [0, 0.05) is 13.7 Å². The molecule has 1 aromatic rings. The molecular weight excluding hydrogens is 555 g/mol. The van der Waals surface area contributed by atoms with Crippen LogP contribution in [0.3, 0.4) is 0 Å². The second-order valence-electron chi connectivity index (χ2n) is 3.83. The molecule has 0 bridgehead atoms. The average Bonchev–Trinajstić information content (AvgIpc) is 2.37. The number of carbonyl (C=O) groups is 1. The van der Waals surface area contributed by atoms with Gasteiger partial charge in [-0.05, 0) is 57.3 Å². The molecule has 6 nitrogen and oxygen atoms in total. The normalized spacial score (nSPS) is 12.2. The van der Waals surface area contributed by atoms with Crippen molar-refractivity contribution in [3.8, 4) is 0 Å². The van der Waals surface area contributed by atoms with Crippen molar-refractivity contribution in [2.24, 2.45) is 0 Å². The third-order valence-corrected chi connectivity index (χ3v) is 4.96. The molecule has 22 heavy (non-hydrogen) atoms. The summed E-state index contributed by atoms with van der Waals surface area (Å²) in [4.78, 5) is 11.8. The molecular formula is C10H9F3I2N2O4S. The Morgan fingerprint density at radius 2 is 1.91 bits per heavy atom. The van der Waals surface area contributed by atoms with Gasteiger partial charge in [0.2, 0.25) is 0 Å². The molecule has 0 aromatic heterocycles. The summed E-state index contributed by atoms with van der Waals surface area (Å²) in [5, 5.41) is 0. The van der Waals surface area contributed by atoms with Gasteiger partial charge in [0.15, 0.2) is 0 Å². The first kappa shape index (κ1) is 19.7. The SMILES string of the molecule is Nc1c(I)cc(I)cc1C(=O)OCCNS(=O)(=O)C(F)(F)F. The number of ether oxygens (including phenoxy) is 1. The van der Waals surface area contributed by atoms with Gasteiger partial charge in [0.05, 0.1) is 11.3 Å². The van der Waals surface area contributed by atoms with Crippen molar-refractivity contribution in [1.82, 2.24) is 4.72 Å². The quantitative estimate of drug-likeness (QED) is 0.247. The third kappa shape index (κ3) is 5.09. The molecule has 0 atom stereocenters. The van der Waals surface area contributed by atoms with E-state index in [0.29, 0.717) is 3.57 Å². The molecule has 3 N–H and O–H groups in total. The van der Waals surface area contributed by atoms with E-state index in [1.807, 2.05) is 45.2 Å². The number of sulfonamides is 1. The van der Waals surface area contributed by atoms with Gasteiger partial charge in [0.25, 0.3) is 0 Å². The second-order valence-corrected chi connectivity index (χ2v) is 7.99. The summed E-state index contributed by atoms with van der Waals surface area (Å²) in [7, 11) is -5.45. The molecule has 0 heterocycles. The van der Waals surface area contributed by atoms with E-state index in [4.69, 9.17) is 10.5 Å². The van der Waals surface area contributed by atoms with Gasteiger partial charge in [-0.1, -0.05) is 0 Å². The minimum atomic E-state index is -5.45. The lowest BCUT2D eigenvalue weighted by Gasteiger charge is -2.11. The predicted octanol–water partition coefficient (Wildman–Crippen LogP) is 2.07. The summed E-state index contributed by atoms with van der Waals surface area (Å²) in [5.74, 6) is -0.847. The number of hydrogen-bond acceptors (Lipinski definition) is 5. The fourth-order valence-electron chi connectivity index (χ4n) is 1.23. The number of anilines is 1. The standard InChI is InChI=1S/C10H9F3I2N2O4S/c11-10(12,13)22(19,20)17-1-2-21-9(18)6-3-5(14)4-7(15)8(6)16/h3-4,17H,1-2,16H2. The lowest BCUT2D eigenvalue weighted by Crippen LogP contribution is -2.38. The molecule has 0 saturated carbocycles. The molecule has 0 aliphatic carbocycles. The lowest BCUT2D eigenvalue weighted by molar-refractivity contribution is -0.0448. The number of alkyl halides is 3. The smallest absolute Gasteiger partial charge is 0.461 e. The molecule has 12 heteroatoms. The summed E-state index contributed by atoms with van der Waals surface area (Å²) in [6.45, 7) is -1.26. The summed E-state index contributed by atoms with van der Waals surface area (Å²) in [5.41, 5.74) is 0.549. The van der Waals surface area contributed by atoms with E-state index in [1.54, 1.807) is 6.07 Å². The van der Waals surface area contributed by atoms with Gasteiger partial charge in [-0.15, -0.1) is 0 Å². The molecule has 0 spiro atoms. The number of carbonyl (C=O) groups excluding carboxylic acids is 1. The number of hydrogen-bond donors (Lipinski definition) is 2. The second kappa shape index (κ2) is 7.48. The fraction of sp³-hybridized carbons (Fsp3) is 0.300. The molecule has 0 aliphatic rings. The van der Waals surface area contributed by atoms with Gasteiger partial charge in [0.1, 0.15) is 6.61 Å². The van der Waals surface area contributed by atoms with E-state index in [2.05, 4.69) is 0 Å². The Hall–Kier alpha value is -0.350. The Morgan fingerprint density at radius 1 is 1.32 bits per heavy atom. The Labute approximate surface area is 151 Å². The number of benzene rings is 1. The van der Waals surface area contributed by atoms with Crippen LogP contribution in [0.15, 0.2) is 12.1 Å². The highest BCUT2D eigenvalue weighted by atomic mass is 127. The molecule has 0 unspecified atom stereocenters. The van der Waals surface area contributed by atoms with E-state index >= 15 is 0 Å². The summed E-state index contributed by atoms with van der Waals surface area (Å²) < 4.78 is 64.9. The summed E-state index contributed by atoms with van der Waals surface area (Å²) in [6.07, 6.45) is 0. The van der Waals surface area contributed by atoms with E-state index in [0.717, 1.165) is 3.57 Å². The molecule has 1 aromatic carbocycles. The van der Waals surface area contributed by atoms with Crippen LogP contribution in [0.1, 0.15) is 10.4 Å². The minimum Gasteiger partial charge on any atom is -0.461 e. The monoisotopic (exact) mass is 564 g/mol. The van der Waals surface area contributed by atoms with Crippen molar-refractivity contribution in [2.75, 3.05) is 18.9 Å². The zero-order valence-electron chi connectivity index (χ0n) is 10.6. The third-order valence-electron chi connectivity index (χ3n) is 2.25. The van der Waals surface area contributed by atoms with Gasteiger partial charge < -0.3 is 10.5 Å². The molecule has 0 amide bonds. The van der Waals surface area contributed by atoms with Gasteiger partial charge in [-0.2, -0.15) is 13.2 Å². The molecule has 0 radical (unpaired) electrons. The van der Waals surface area contributed by atoms with Crippen molar-refractivity contribution in [2.45, 2.75) is 5.51 Å². The average molecular weight is 564 g/mol. The fourth-order valence-corrected chi connectivity index (χ4v) is 3.59. The van der Waals surface area contributed by atoms with Crippen LogP contribution in [0.25, 0.3) is 0 Å². The number of esters is 1. The van der Waals surface area contributed by atoms with Crippen LogP contribution >= 0.6 is 45.2 Å². The molecule has 1 rings (SSSR count). The Morgan fingerprint density at radius 3 is 2.45 bits per heavy atom. The highest BCUT2D eigenvalue weighted by Gasteiger charge is 2.45. The molecule has 0 fully saturated rings. The zero-order chi connectivity index (χ0) is 17.1.